The summed E-state index contributed by atoms with van der Waals surface area (Å²) in [6.45, 7) is 2.71. The van der Waals surface area contributed by atoms with Gasteiger partial charge in [0.05, 0.1) is 0 Å². The van der Waals surface area contributed by atoms with Gasteiger partial charge in [0, 0.05) is 33.4 Å². The first kappa shape index (κ1) is 12.5. The van der Waals surface area contributed by atoms with E-state index in [1.54, 1.807) is 18.5 Å². The molecule has 0 radical (unpaired) electrons. The Bertz CT molecular complexity index is 563. The largest absolute Gasteiger partial charge is 0.328 e. The van der Waals surface area contributed by atoms with Crippen molar-refractivity contribution in [2.45, 2.75) is 13.5 Å². The highest BCUT2D eigenvalue weighted by molar-refractivity contribution is 9.11. The van der Waals surface area contributed by atoms with E-state index in [1.807, 2.05) is 23.6 Å². The molecule has 0 fully saturated rings. The molecule has 0 atom stereocenters. The van der Waals surface area contributed by atoms with Crippen molar-refractivity contribution in [3.05, 3.63) is 50.9 Å². The first-order valence-corrected chi connectivity index (χ1v) is 6.73. The Hall–Kier alpha value is -0.940. The number of aryl methyl sites for hydroxylation is 1. The van der Waals surface area contributed by atoms with Crippen molar-refractivity contribution in [2.24, 2.45) is 0 Å². The van der Waals surface area contributed by atoms with Crippen molar-refractivity contribution in [2.75, 3.05) is 0 Å². The van der Waals surface area contributed by atoms with Crippen LogP contribution in [0.15, 0.2) is 39.5 Å². The third kappa shape index (κ3) is 2.50. The third-order valence-electron chi connectivity index (χ3n) is 2.44. The number of benzene rings is 1. The van der Waals surface area contributed by atoms with Crippen LogP contribution < -0.4 is 0 Å². The van der Waals surface area contributed by atoms with Gasteiger partial charge in [0.25, 0.3) is 0 Å². The molecule has 0 saturated carbocycles. The Kier molecular flexibility index (Phi) is 3.79. The van der Waals surface area contributed by atoms with Crippen LogP contribution in [-0.2, 0) is 6.54 Å². The van der Waals surface area contributed by atoms with Gasteiger partial charge in [-0.25, -0.2) is 4.98 Å². The van der Waals surface area contributed by atoms with Crippen LogP contribution in [0.2, 0.25) is 0 Å². The monoisotopic (exact) mass is 356 g/mol. The van der Waals surface area contributed by atoms with Crippen LogP contribution in [0.5, 0.6) is 0 Å². The number of ketones is 1. The number of hydrogen-bond acceptors (Lipinski definition) is 2. The highest BCUT2D eigenvalue weighted by atomic mass is 79.9. The van der Waals surface area contributed by atoms with Crippen molar-refractivity contribution in [3.8, 4) is 0 Å². The summed E-state index contributed by atoms with van der Waals surface area (Å²) < 4.78 is 3.53. The SMILES string of the molecule is CCn1ccnc1C(=O)c1ccc(Br)cc1Br. The predicted molar refractivity (Wildman–Crippen MR) is 73.2 cm³/mol. The lowest BCUT2D eigenvalue weighted by Gasteiger charge is -2.06. The molecule has 0 bridgehead atoms. The molecule has 0 unspecified atom stereocenters. The molecule has 1 aromatic carbocycles. The molecule has 17 heavy (non-hydrogen) atoms. The summed E-state index contributed by atoms with van der Waals surface area (Å²) in [4.78, 5) is 16.4. The van der Waals surface area contributed by atoms with Crippen molar-refractivity contribution in [1.82, 2.24) is 9.55 Å². The van der Waals surface area contributed by atoms with Crippen LogP contribution >= 0.6 is 31.9 Å². The number of halogens is 2. The molecule has 0 N–H and O–H groups in total. The lowest BCUT2D eigenvalue weighted by molar-refractivity contribution is 0.102. The molecule has 2 rings (SSSR count). The average molecular weight is 358 g/mol. The smallest absolute Gasteiger partial charge is 0.229 e. The quantitative estimate of drug-likeness (QED) is 0.785. The number of imidazole rings is 1. The molecule has 0 amide bonds. The summed E-state index contributed by atoms with van der Waals surface area (Å²) in [6, 6.07) is 5.48. The zero-order valence-electron chi connectivity index (χ0n) is 9.15. The van der Waals surface area contributed by atoms with Crippen LogP contribution in [0.3, 0.4) is 0 Å². The van der Waals surface area contributed by atoms with Crippen LogP contribution in [0.25, 0.3) is 0 Å². The van der Waals surface area contributed by atoms with Gasteiger partial charge in [-0.15, -0.1) is 0 Å². The first-order valence-electron chi connectivity index (χ1n) is 5.14. The standard InChI is InChI=1S/C12H10Br2N2O/c1-2-16-6-5-15-12(16)11(17)9-4-3-8(13)7-10(9)14/h3-7H,2H2,1H3. The van der Waals surface area contributed by atoms with Crippen LogP contribution in [-0.4, -0.2) is 15.3 Å². The Morgan fingerprint density at radius 1 is 1.41 bits per heavy atom. The molecular formula is C12H10Br2N2O. The minimum Gasteiger partial charge on any atom is -0.328 e. The topological polar surface area (TPSA) is 34.9 Å². The summed E-state index contributed by atoms with van der Waals surface area (Å²) in [5, 5.41) is 0. The minimum atomic E-state index is -0.0729. The fourth-order valence-corrected chi connectivity index (χ4v) is 2.79. The summed E-state index contributed by atoms with van der Waals surface area (Å²) >= 11 is 6.75. The number of carbonyl (C=O) groups excluding carboxylic acids is 1. The van der Waals surface area contributed by atoms with E-state index < -0.39 is 0 Å². The zero-order valence-corrected chi connectivity index (χ0v) is 12.3. The van der Waals surface area contributed by atoms with E-state index in [2.05, 4.69) is 36.8 Å². The van der Waals surface area contributed by atoms with E-state index in [0.29, 0.717) is 11.4 Å². The van der Waals surface area contributed by atoms with Gasteiger partial charge in [-0.2, -0.15) is 0 Å². The van der Waals surface area contributed by atoms with Crippen LogP contribution in [0, 0.1) is 0 Å². The number of carbonyl (C=O) groups is 1. The molecular weight excluding hydrogens is 348 g/mol. The predicted octanol–water partition coefficient (Wildman–Crippen LogP) is 3.66. The van der Waals surface area contributed by atoms with Crippen molar-refractivity contribution in [3.63, 3.8) is 0 Å². The van der Waals surface area contributed by atoms with Gasteiger partial charge in [0.15, 0.2) is 5.82 Å². The van der Waals surface area contributed by atoms with Gasteiger partial charge >= 0.3 is 0 Å². The lowest BCUT2D eigenvalue weighted by atomic mass is 10.1. The van der Waals surface area contributed by atoms with Gasteiger partial charge in [-0.05, 0) is 41.1 Å². The molecule has 1 heterocycles. The zero-order chi connectivity index (χ0) is 12.4. The maximum atomic E-state index is 12.3. The highest BCUT2D eigenvalue weighted by Gasteiger charge is 2.17. The average Bonchev–Trinajstić information content (AvgIpc) is 2.76. The van der Waals surface area contributed by atoms with Gasteiger partial charge in [-0.1, -0.05) is 15.9 Å². The molecule has 1 aromatic heterocycles. The molecule has 0 aliphatic carbocycles. The van der Waals surface area contributed by atoms with E-state index in [1.165, 1.54) is 0 Å². The Morgan fingerprint density at radius 3 is 2.82 bits per heavy atom. The Balaban J connectivity index is 2.44. The van der Waals surface area contributed by atoms with Crippen molar-refractivity contribution < 1.29 is 4.79 Å². The Labute approximate surface area is 116 Å². The van der Waals surface area contributed by atoms with E-state index in [9.17, 15) is 4.79 Å². The minimum absolute atomic E-state index is 0.0729. The van der Waals surface area contributed by atoms with Gasteiger partial charge in [-0.3, -0.25) is 4.79 Å². The van der Waals surface area contributed by atoms with E-state index in [-0.39, 0.29) is 5.78 Å². The molecule has 5 heteroatoms. The highest BCUT2D eigenvalue weighted by Crippen LogP contribution is 2.23. The first-order chi connectivity index (χ1) is 8.13. The van der Waals surface area contributed by atoms with Crippen molar-refractivity contribution in [1.29, 1.82) is 0 Å². The summed E-state index contributed by atoms with van der Waals surface area (Å²) in [7, 11) is 0. The normalized spacial score (nSPS) is 10.5. The van der Waals surface area contributed by atoms with Crippen LogP contribution in [0.4, 0.5) is 0 Å². The summed E-state index contributed by atoms with van der Waals surface area (Å²) in [6.07, 6.45) is 3.45. The van der Waals surface area contributed by atoms with Crippen molar-refractivity contribution >= 4 is 37.6 Å². The molecule has 0 spiro atoms. The van der Waals surface area contributed by atoms with E-state index in [4.69, 9.17) is 0 Å². The van der Waals surface area contributed by atoms with Gasteiger partial charge < -0.3 is 4.57 Å². The molecule has 88 valence electrons. The molecule has 2 aromatic rings. The fraction of sp³-hybridized carbons (Fsp3) is 0.167. The maximum absolute atomic E-state index is 12.3. The number of aromatic nitrogens is 2. The van der Waals surface area contributed by atoms with Gasteiger partial charge in [0.2, 0.25) is 5.78 Å². The van der Waals surface area contributed by atoms with E-state index in [0.717, 1.165) is 15.5 Å². The summed E-state index contributed by atoms with van der Waals surface area (Å²) in [5.41, 5.74) is 0.620. The molecule has 0 aliphatic rings. The van der Waals surface area contributed by atoms with E-state index >= 15 is 0 Å². The summed E-state index contributed by atoms with van der Waals surface area (Å²) in [5.74, 6) is 0.395. The van der Waals surface area contributed by atoms with Crippen LogP contribution in [0.1, 0.15) is 23.1 Å². The number of hydrogen-bond donors (Lipinski definition) is 0. The molecule has 0 saturated heterocycles. The maximum Gasteiger partial charge on any atom is 0.229 e. The molecule has 0 aliphatic heterocycles. The second-order valence-electron chi connectivity index (χ2n) is 3.49. The Morgan fingerprint density at radius 2 is 2.18 bits per heavy atom. The lowest BCUT2D eigenvalue weighted by Crippen LogP contribution is -2.11. The number of nitrogens with zero attached hydrogens (tertiary/aromatic N) is 2. The third-order valence-corrected chi connectivity index (χ3v) is 3.58. The number of rotatable bonds is 3. The fourth-order valence-electron chi connectivity index (χ4n) is 1.57. The van der Waals surface area contributed by atoms with Gasteiger partial charge in [0.1, 0.15) is 0 Å². The second kappa shape index (κ2) is 5.14. The second-order valence-corrected chi connectivity index (χ2v) is 5.26. The molecule has 3 nitrogen and oxygen atoms in total.